The van der Waals surface area contributed by atoms with Crippen molar-refractivity contribution in [2.75, 3.05) is 13.1 Å². The number of aromatic nitrogens is 2. The highest BCUT2D eigenvalue weighted by atomic mass is 32.1. The van der Waals surface area contributed by atoms with E-state index in [2.05, 4.69) is 22.3 Å². The van der Waals surface area contributed by atoms with Gasteiger partial charge in [0.1, 0.15) is 10.0 Å². The van der Waals surface area contributed by atoms with E-state index in [1.54, 1.807) is 11.3 Å². The Balaban J connectivity index is 1.61. The molecule has 0 saturated carbocycles. The van der Waals surface area contributed by atoms with Gasteiger partial charge in [0.15, 0.2) is 0 Å². The second-order valence-electron chi connectivity index (χ2n) is 6.90. The molecule has 1 atom stereocenters. The van der Waals surface area contributed by atoms with Crippen molar-refractivity contribution in [2.45, 2.75) is 25.8 Å². The molecule has 6 heteroatoms. The van der Waals surface area contributed by atoms with Crippen LogP contribution < -0.4 is 5.73 Å². The first-order chi connectivity index (χ1) is 13.1. The number of benzene rings is 2. The molecule has 5 nitrogen and oxygen atoms in total. The summed E-state index contributed by atoms with van der Waals surface area (Å²) in [6, 6.07) is 16.1. The van der Waals surface area contributed by atoms with Crippen molar-refractivity contribution in [3.05, 3.63) is 59.1 Å². The molecule has 1 unspecified atom stereocenters. The molecule has 138 valence electrons. The molecule has 4 rings (SSSR count). The molecule has 0 radical (unpaired) electrons. The van der Waals surface area contributed by atoms with Crippen LogP contribution >= 0.6 is 11.3 Å². The number of rotatable bonds is 3. The minimum Gasteiger partial charge on any atom is -0.337 e. The molecule has 0 aliphatic carbocycles. The molecule has 1 amide bonds. The van der Waals surface area contributed by atoms with Crippen molar-refractivity contribution in [3.8, 4) is 21.7 Å². The standard InChI is InChI=1S/C21H22N4OS/c1-14-23-24-20(27-14)19-7-3-2-6-18(19)15-8-10-16(11-9-15)21(26)25-12-4-5-17(22)13-25/h2-3,6-11,17H,4-5,12-13,22H2,1H3. The topological polar surface area (TPSA) is 72.1 Å². The summed E-state index contributed by atoms with van der Waals surface area (Å²) in [6.07, 6.45) is 1.96. The number of carbonyl (C=O) groups is 1. The monoisotopic (exact) mass is 378 g/mol. The molecular formula is C21H22N4OS. The zero-order chi connectivity index (χ0) is 18.8. The second-order valence-corrected chi connectivity index (χ2v) is 8.08. The fraction of sp³-hybridized carbons (Fsp3) is 0.286. The third-order valence-electron chi connectivity index (χ3n) is 4.87. The molecule has 3 aromatic rings. The largest absolute Gasteiger partial charge is 0.337 e. The van der Waals surface area contributed by atoms with Gasteiger partial charge in [-0.15, -0.1) is 10.2 Å². The predicted octanol–water partition coefficient (Wildman–Crippen LogP) is 3.74. The Morgan fingerprint density at radius 2 is 1.85 bits per heavy atom. The highest BCUT2D eigenvalue weighted by Gasteiger charge is 2.22. The van der Waals surface area contributed by atoms with Gasteiger partial charge in [-0.05, 0) is 43.0 Å². The summed E-state index contributed by atoms with van der Waals surface area (Å²) in [4.78, 5) is 14.6. The molecule has 1 saturated heterocycles. The van der Waals surface area contributed by atoms with Gasteiger partial charge in [0, 0.05) is 30.3 Å². The maximum absolute atomic E-state index is 12.7. The maximum Gasteiger partial charge on any atom is 0.253 e. The highest BCUT2D eigenvalue weighted by Crippen LogP contribution is 2.33. The number of nitrogens with two attached hydrogens (primary N) is 1. The summed E-state index contributed by atoms with van der Waals surface area (Å²) in [7, 11) is 0. The van der Waals surface area contributed by atoms with Crippen molar-refractivity contribution in [1.82, 2.24) is 15.1 Å². The molecule has 1 aromatic heterocycles. The van der Waals surface area contributed by atoms with Crippen molar-refractivity contribution >= 4 is 17.2 Å². The Bertz CT molecular complexity index is 951. The number of piperidine rings is 1. The van der Waals surface area contributed by atoms with E-state index in [1.165, 1.54) is 0 Å². The number of hydrogen-bond donors (Lipinski definition) is 1. The molecule has 27 heavy (non-hydrogen) atoms. The summed E-state index contributed by atoms with van der Waals surface area (Å²) >= 11 is 1.58. The molecule has 2 aromatic carbocycles. The maximum atomic E-state index is 12.7. The van der Waals surface area contributed by atoms with E-state index in [4.69, 9.17) is 5.73 Å². The highest BCUT2D eigenvalue weighted by molar-refractivity contribution is 7.14. The number of aryl methyl sites for hydroxylation is 1. The van der Waals surface area contributed by atoms with E-state index >= 15 is 0 Å². The van der Waals surface area contributed by atoms with Crippen molar-refractivity contribution in [3.63, 3.8) is 0 Å². The minimum absolute atomic E-state index is 0.0599. The summed E-state index contributed by atoms with van der Waals surface area (Å²) in [5.41, 5.74) is 9.93. The number of carbonyl (C=O) groups excluding carboxylic acids is 1. The summed E-state index contributed by atoms with van der Waals surface area (Å²) in [5.74, 6) is 0.0599. The van der Waals surface area contributed by atoms with Gasteiger partial charge in [-0.3, -0.25) is 4.79 Å². The van der Waals surface area contributed by atoms with Gasteiger partial charge in [0.25, 0.3) is 5.91 Å². The molecule has 2 N–H and O–H groups in total. The lowest BCUT2D eigenvalue weighted by molar-refractivity contribution is 0.0709. The van der Waals surface area contributed by atoms with E-state index in [1.807, 2.05) is 48.2 Å². The Kier molecular flexibility index (Phi) is 5.01. The third-order valence-corrected chi connectivity index (χ3v) is 5.74. The van der Waals surface area contributed by atoms with E-state index in [0.717, 1.165) is 46.1 Å². The minimum atomic E-state index is 0.0599. The SMILES string of the molecule is Cc1nnc(-c2ccccc2-c2ccc(C(=O)N3CCCC(N)C3)cc2)s1. The van der Waals surface area contributed by atoms with Gasteiger partial charge >= 0.3 is 0 Å². The molecule has 2 heterocycles. The molecular weight excluding hydrogens is 356 g/mol. The van der Waals surface area contributed by atoms with Crippen LogP contribution in [-0.2, 0) is 0 Å². The average Bonchev–Trinajstić information content (AvgIpc) is 3.14. The summed E-state index contributed by atoms with van der Waals surface area (Å²) in [5, 5.41) is 10.3. The van der Waals surface area contributed by atoms with Gasteiger partial charge in [-0.2, -0.15) is 0 Å². The average molecular weight is 379 g/mol. The lowest BCUT2D eigenvalue weighted by atomic mass is 9.98. The number of nitrogens with zero attached hydrogens (tertiary/aromatic N) is 3. The summed E-state index contributed by atoms with van der Waals surface area (Å²) < 4.78 is 0. The quantitative estimate of drug-likeness (QED) is 0.753. The Morgan fingerprint density at radius 3 is 2.52 bits per heavy atom. The number of hydrogen-bond acceptors (Lipinski definition) is 5. The fourth-order valence-corrected chi connectivity index (χ4v) is 4.23. The first-order valence-electron chi connectivity index (χ1n) is 9.16. The van der Waals surface area contributed by atoms with Crippen molar-refractivity contribution in [2.24, 2.45) is 5.73 Å². The van der Waals surface area contributed by atoms with E-state index < -0.39 is 0 Å². The summed E-state index contributed by atoms with van der Waals surface area (Å²) in [6.45, 7) is 3.38. The van der Waals surface area contributed by atoms with Crippen LogP contribution in [0.3, 0.4) is 0 Å². The smallest absolute Gasteiger partial charge is 0.253 e. The predicted molar refractivity (Wildman–Crippen MR) is 109 cm³/mol. The van der Waals surface area contributed by atoms with Crippen LogP contribution in [-0.4, -0.2) is 40.1 Å². The van der Waals surface area contributed by atoms with Crippen molar-refractivity contribution < 1.29 is 4.79 Å². The number of likely N-dealkylation sites (tertiary alicyclic amines) is 1. The van der Waals surface area contributed by atoms with Crippen LogP contribution in [0.1, 0.15) is 28.2 Å². The van der Waals surface area contributed by atoms with Crippen LogP contribution in [0.4, 0.5) is 0 Å². The third kappa shape index (κ3) is 3.77. The first kappa shape index (κ1) is 17.8. The Hall–Kier alpha value is -2.57. The Morgan fingerprint density at radius 1 is 1.11 bits per heavy atom. The molecule has 1 fully saturated rings. The van der Waals surface area contributed by atoms with E-state index in [9.17, 15) is 4.79 Å². The molecule has 1 aliphatic rings. The number of amides is 1. The lowest BCUT2D eigenvalue weighted by Gasteiger charge is -2.30. The first-order valence-corrected chi connectivity index (χ1v) is 9.98. The zero-order valence-electron chi connectivity index (χ0n) is 15.3. The van der Waals surface area contributed by atoms with Gasteiger partial charge in [0.2, 0.25) is 0 Å². The van der Waals surface area contributed by atoms with Crippen LogP contribution in [0.25, 0.3) is 21.7 Å². The van der Waals surface area contributed by atoms with Crippen LogP contribution in [0.2, 0.25) is 0 Å². The van der Waals surface area contributed by atoms with Gasteiger partial charge in [0.05, 0.1) is 0 Å². The molecule has 0 spiro atoms. The van der Waals surface area contributed by atoms with Gasteiger partial charge < -0.3 is 10.6 Å². The van der Waals surface area contributed by atoms with Crippen LogP contribution in [0.15, 0.2) is 48.5 Å². The second kappa shape index (κ2) is 7.58. The van der Waals surface area contributed by atoms with Gasteiger partial charge in [-0.25, -0.2) is 0 Å². The Labute approximate surface area is 162 Å². The van der Waals surface area contributed by atoms with Crippen LogP contribution in [0, 0.1) is 6.92 Å². The van der Waals surface area contributed by atoms with Gasteiger partial charge in [-0.1, -0.05) is 47.7 Å². The van der Waals surface area contributed by atoms with E-state index in [-0.39, 0.29) is 11.9 Å². The van der Waals surface area contributed by atoms with Crippen LogP contribution in [0.5, 0.6) is 0 Å². The molecule has 1 aliphatic heterocycles. The van der Waals surface area contributed by atoms with E-state index in [0.29, 0.717) is 12.1 Å². The lowest BCUT2D eigenvalue weighted by Crippen LogP contribution is -2.45. The molecule has 0 bridgehead atoms. The van der Waals surface area contributed by atoms with Crippen molar-refractivity contribution in [1.29, 1.82) is 0 Å². The fourth-order valence-electron chi connectivity index (χ4n) is 3.50. The zero-order valence-corrected chi connectivity index (χ0v) is 16.1. The normalized spacial score (nSPS) is 17.1.